The number of benzene rings is 4. The molecule has 0 unspecified atom stereocenters. The lowest BCUT2D eigenvalue weighted by molar-refractivity contribution is -0.385. The Kier molecular flexibility index (Phi) is 7.50. The van der Waals surface area contributed by atoms with Crippen LogP contribution in [0.5, 0.6) is 11.8 Å². The maximum Gasteiger partial charge on any atom is 0.274 e. The molecule has 11 heteroatoms. The Bertz CT molecular complexity index is 1890. The Hall–Kier alpha value is -5.84. The van der Waals surface area contributed by atoms with E-state index < -0.39 is 4.92 Å². The van der Waals surface area contributed by atoms with Crippen molar-refractivity contribution in [1.29, 1.82) is 0 Å². The molecule has 0 amide bonds. The summed E-state index contributed by atoms with van der Waals surface area (Å²) < 4.78 is 3.13. The number of hydrogen-bond acceptors (Lipinski definition) is 8. The number of aromatic nitrogens is 2. The van der Waals surface area contributed by atoms with Gasteiger partial charge in [0.15, 0.2) is 11.4 Å². The van der Waals surface area contributed by atoms with Crippen molar-refractivity contribution in [2.45, 2.75) is 13.1 Å². The first-order valence-corrected chi connectivity index (χ1v) is 12.5. The van der Waals surface area contributed by atoms with Crippen molar-refractivity contribution in [2.75, 3.05) is 0 Å². The first-order valence-electron chi connectivity index (χ1n) is 12.5. The Balaban J connectivity index is 0.000000166. The monoisotopic (exact) mass is 549 g/mol. The van der Waals surface area contributed by atoms with Gasteiger partial charge < -0.3 is 19.3 Å². The first kappa shape index (κ1) is 26.8. The summed E-state index contributed by atoms with van der Waals surface area (Å²) in [4.78, 5) is 32.4. The zero-order chi connectivity index (χ0) is 28.9. The molecule has 0 atom stereocenters. The number of hydrogen-bond donors (Lipinski definition) is 2. The molecular weight excluding hydrogens is 526 g/mol. The third kappa shape index (κ3) is 5.11. The maximum atomic E-state index is 11.1. The van der Waals surface area contributed by atoms with Crippen LogP contribution in [0.4, 0.5) is 17.1 Å². The minimum Gasteiger partial charge on any atom is -0.493 e. The van der Waals surface area contributed by atoms with Crippen LogP contribution in [0.1, 0.15) is 11.1 Å². The number of nitrogens with zero attached hydrogens (tertiary/aromatic N) is 5. The van der Waals surface area contributed by atoms with E-state index in [0.29, 0.717) is 28.4 Å². The normalized spacial score (nSPS) is 10.7. The zero-order valence-corrected chi connectivity index (χ0v) is 21.5. The van der Waals surface area contributed by atoms with Crippen LogP contribution in [-0.4, -0.2) is 24.3 Å². The third-order valence-electron chi connectivity index (χ3n) is 6.72. The van der Waals surface area contributed by atoms with Crippen LogP contribution in [0, 0.1) is 19.9 Å². The molecule has 2 aromatic heterocycles. The topological polar surface area (TPSA) is 152 Å². The van der Waals surface area contributed by atoms with E-state index in [4.69, 9.17) is 0 Å². The van der Waals surface area contributed by atoms with Crippen molar-refractivity contribution in [2.24, 2.45) is 10.4 Å². The second-order valence-corrected chi connectivity index (χ2v) is 9.11. The fourth-order valence-corrected chi connectivity index (χ4v) is 4.80. The lowest BCUT2D eigenvalue weighted by Crippen LogP contribution is -2.02. The highest BCUT2D eigenvalue weighted by molar-refractivity contribution is 5.95. The number of nitro groups is 1. The van der Waals surface area contributed by atoms with E-state index in [1.54, 1.807) is 53.1 Å². The molecule has 11 nitrogen and oxygen atoms in total. The second-order valence-electron chi connectivity index (χ2n) is 9.11. The molecule has 4 aromatic carbocycles. The number of aromatic hydroxyl groups is 2. The summed E-state index contributed by atoms with van der Waals surface area (Å²) in [7, 11) is 0. The summed E-state index contributed by atoms with van der Waals surface area (Å²) >= 11 is 0. The van der Waals surface area contributed by atoms with Gasteiger partial charge in [-0.2, -0.15) is 0 Å². The molecule has 0 aliphatic carbocycles. The lowest BCUT2D eigenvalue weighted by Gasteiger charge is -2.07. The summed E-state index contributed by atoms with van der Waals surface area (Å²) in [5.74, 6) is -0.380. The Morgan fingerprint density at radius 1 is 0.634 bits per heavy atom. The van der Waals surface area contributed by atoms with Crippen molar-refractivity contribution in [3.8, 4) is 11.8 Å². The van der Waals surface area contributed by atoms with E-state index in [1.165, 1.54) is 10.6 Å². The van der Waals surface area contributed by atoms with Crippen LogP contribution >= 0.6 is 0 Å². The summed E-state index contributed by atoms with van der Waals surface area (Å²) in [5.41, 5.74) is 2.88. The van der Waals surface area contributed by atoms with Crippen LogP contribution in [0.2, 0.25) is 0 Å². The molecular formula is C30H23N5O6. The SMILES string of the molecule is O=Nc1c(O)n(Cc2ccccc2)c2ccccc12.O=Nc1c(O)n(Cc2ccccc2[N+](=O)[O-])c2ccccc12. The van der Waals surface area contributed by atoms with Crippen LogP contribution in [0.15, 0.2) is 113 Å². The predicted molar refractivity (Wildman–Crippen MR) is 156 cm³/mol. The van der Waals surface area contributed by atoms with Gasteiger partial charge in [0.25, 0.3) is 5.69 Å². The van der Waals surface area contributed by atoms with Gasteiger partial charge in [0.2, 0.25) is 11.8 Å². The van der Waals surface area contributed by atoms with Gasteiger partial charge in [-0.1, -0.05) is 84.9 Å². The largest absolute Gasteiger partial charge is 0.493 e. The quantitative estimate of drug-likeness (QED) is 0.119. The third-order valence-corrected chi connectivity index (χ3v) is 6.72. The lowest BCUT2D eigenvalue weighted by atomic mass is 10.2. The first-order chi connectivity index (χ1) is 19.9. The van der Waals surface area contributed by atoms with Gasteiger partial charge in [-0.25, -0.2) is 0 Å². The fourth-order valence-electron chi connectivity index (χ4n) is 4.80. The van der Waals surface area contributed by atoms with Gasteiger partial charge in [-0.15, -0.1) is 9.81 Å². The molecule has 6 aromatic rings. The molecule has 6 rings (SSSR count). The van der Waals surface area contributed by atoms with Crippen LogP contribution in [-0.2, 0) is 13.1 Å². The second kappa shape index (κ2) is 11.5. The van der Waals surface area contributed by atoms with Crippen LogP contribution < -0.4 is 0 Å². The molecule has 0 saturated heterocycles. The molecule has 0 bridgehead atoms. The number of fused-ring (bicyclic) bond motifs is 2. The summed E-state index contributed by atoms with van der Waals surface area (Å²) in [6.45, 7) is 0.571. The van der Waals surface area contributed by atoms with E-state index >= 15 is 0 Å². The molecule has 0 fully saturated rings. The van der Waals surface area contributed by atoms with E-state index in [2.05, 4.69) is 10.4 Å². The summed E-state index contributed by atoms with van der Waals surface area (Å²) in [6.07, 6.45) is 0. The highest BCUT2D eigenvalue weighted by atomic mass is 16.6. The fraction of sp³-hybridized carbons (Fsp3) is 0.0667. The number of rotatable bonds is 7. The average molecular weight is 550 g/mol. The van der Waals surface area contributed by atoms with Crippen molar-refractivity contribution in [1.82, 2.24) is 9.13 Å². The Morgan fingerprint density at radius 3 is 1.63 bits per heavy atom. The summed E-state index contributed by atoms with van der Waals surface area (Å²) in [5, 5.41) is 38.4. The van der Waals surface area contributed by atoms with Gasteiger partial charge >= 0.3 is 0 Å². The zero-order valence-electron chi connectivity index (χ0n) is 21.5. The highest BCUT2D eigenvalue weighted by Gasteiger charge is 2.20. The van der Waals surface area contributed by atoms with Gasteiger partial charge in [0.05, 0.1) is 29.0 Å². The molecule has 41 heavy (non-hydrogen) atoms. The Morgan fingerprint density at radius 2 is 1.10 bits per heavy atom. The molecule has 0 aliphatic heterocycles. The minimum atomic E-state index is -0.475. The van der Waals surface area contributed by atoms with Crippen molar-refractivity contribution in [3.63, 3.8) is 0 Å². The Labute approximate surface area is 232 Å². The molecule has 0 aliphatic rings. The molecule has 2 N–H and O–H groups in total. The molecule has 2 heterocycles. The molecule has 204 valence electrons. The van der Waals surface area contributed by atoms with Gasteiger partial charge in [-0.05, 0) is 28.0 Å². The number of nitro benzene ring substituents is 1. The smallest absolute Gasteiger partial charge is 0.274 e. The van der Waals surface area contributed by atoms with Crippen LogP contribution in [0.3, 0.4) is 0 Å². The molecule has 0 radical (unpaired) electrons. The maximum absolute atomic E-state index is 11.1. The number of para-hydroxylation sites is 3. The predicted octanol–water partition coefficient (Wildman–Crippen LogP) is 7.49. The summed E-state index contributed by atoms with van der Waals surface area (Å²) in [6, 6.07) is 30.3. The number of nitroso groups, excluding NO2 is 2. The highest BCUT2D eigenvalue weighted by Crippen LogP contribution is 2.40. The van der Waals surface area contributed by atoms with Crippen molar-refractivity contribution < 1.29 is 15.1 Å². The van der Waals surface area contributed by atoms with Gasteiger partial charge in [0, 0.05) is 22.4 Å². The standard InChI is InChI=1S/C15H11N3O4.C15H12N2O2/c19-15-14(16-20)11-6-2-4-8-13(11)17(15)9-10-5-1-3-7-12(10)18(21)22;18-15-14(16-19)12-8-4-5-9-13(12)17(15)10-11-6-2-1-3-7-11/h1-8,19H,9H2;1-9,18H,10H2. The van der Waals surface area contributed by atoms with Crippen molar-refractivity contribution in [3.05, 3.63) is 134 Å². The van der Waals surface area contributed by atoms with Gasteiger partial charge in [0.1, 0.15) is 0 Å². The van der Waals surface area contributed by atoms with Crippen molar-refractivity contribution >= 4 is 38.9 Å². The van der Waals surface area contributed by atoms with Gasteiger partial charge in [-0.3, -0.25) is 10.1 Å². The van der Waals surface area contributed by atoms with E-state index in [-0.39, 0.29) is 35.4 Å². The van der Waals surface area contributed by atoms with E-state index in [0.717, 1.165) is 11.1 Å². The molecule has 0 spiro atoms. The van der Waals surface area contributed by atoms with Crippen LogP contribution in [0.25, 0.3) is 21.8 Å². The molecule has 0 saturated carbocycles. The van der Waals surface area contributed by atoms with E-state index in [1.807, 2.05) is 48.5 Å². The average Bonchev–Trinajstić information content (AvgIpc) is 3.43. The van der Waals surface area contributed by atoms with E-state index in [9.17, 15) is 30.1 Å². The minimum absolute atomic E-state index is 0.0414.